The van der Waals surface area contributed by atoms with Gasteiger partial charge >= 0.3 is 6.18 Å². The predicted molar refractivity (Wildman–Crippen MR) is 79.3 cm³/mol. The van der Waals surface area contributed by atoms with Crippen LogP contribution >= 0.6 is 11.8 Å². The van der Waals surface area contributed by atoms with E-state index in [2.05, 4.69) is 0 Å². The Hall–Kier alpha value is -0.720. The zero-order valence-corrected chi connectivity index (χ0v) is 13.0. The van der Waals surface area contributed by atoms with Gasteiger partial charge in [-0.05, 0) is 44.0 Å². The highest BCUT2D eigenvalue weighted by molar-refractivity contribution is 7.99. The monoisotopic (exact) mass is 319 g/mol. The second-order valence-electron chi connectivity index (χ2n) is 5.78. The molecule has 0 aromatic heterocycles. The fraction of sp³-hybridized carbons (Fsp3) is 0.600. The van der Waals surface area contributed by atoms with E-state index in [-0.39, 0.29) is 5.92 Å². The first-order valence-corrected chi connectivity index (χ1v) is 8.01. The lowest BCUT2D eigenvalue weighted by atomic mass is 9.79. The average Bonchev–Trinajstić information content (AvgIpc) is 2.40. The Morgan fingerprint density at radius 2 is 1.90 bits per heavy atom. The van der Waals surface area contributed by atoms with Crippen LogP contribution < -0.4 is 0 Å². The summed E-state index contributed by atoms with van der Waals surface area (Å²) in [5, 5.41) is 11.0. The molecule has 118 valence electrons. The first-order valence-electron chi connectivity index (χ1n) is 6.86. The van der Waals surface area contributed by atoms with Gasteiger partial charge in [-0.1, -0.05) is 12.1 Å². The van der Waals surface area contributed by atoms with E-state index in [0.717, 1.165) is 23.6 Å². The van der Waals surface area contributed by atoms with Crippen molar-refractivity contribution in [3.63, 3.8) is 0 Å². The maximum atomic E-state index is 12.6. The molecule has 0 bridgehead atoms. The average molecular weight is 319 g/mol. The molecule has 1 aromatic rings. The van der Waals surface area contributed by atoms with Crippen LogP contribution in [0.15, 0.2) is 24.3 Å². The van der Waals surface area contributed by atoms with Crippen LogP contribution in [0.4, 0.5) is 13.2 Å². The van der Waals surface area contributed by atoms with Gasteiger partial charge in [-0.25, -0.2) is 0 Å². The predicted octanol–water partition coefficient (Wildman–Crippen LogP) is 3.21. The Morgan fingerprint density at radius 3 is 2.43 bits per heavy atom. The van der Waals surface area contributed by atoms with Crippen molar-refractivity contribution >= 4 is 11.8 Å². The SMILES string of the molecule is CN(C)C[C@@H]1CSCC[C@]1(O)c1ccc(C(F)(F)F)cc1. The van der Waals surface area contributed by atoms with Crippen molar-refractivity contribution in [2.75, 3.05) is 32.1 Å². The summed E-state index contributed by atoms with van der Waals surface area (Å²) in [6.07, 6.45) is -3.77. The molecule has 0 saturated carbocycles. The number of benzene rings is 1. The van der Waals surface area contributed by atoms with Crippen LogP contribution in [0.5, 0.6) is 0 Å². The summed E-state index contributed by atoms with van der Waals surface area (Å²) in [7, 11) is 3.87. The largest absolute Gasteiger partial charge is 0.416 e. The second kappa shape index (κ2) is 6.18. The van der Waals surface area contributed by atoms with Crippen LogP contribution in [0.2, 0.25) is 0 Å². The molecule has 2 rings (SSSR count). The van der Waals surface area contributed by atoms with E-state index in [1.165, 1.54) is 12.1 Å². The zero-order chi connectivity index (χ0) is 15.7. The molecule has 1 heterocycles. The minimum absolute atomic E-state index is 0.0167. The standard InChI is InChI=1S/C15H20F3NOS/c1-19(2)9-13-10-21-8-7-14(13,20)11-3-5-12(6-4-11)15(16,17)18/h3-6,13,20H,7-10H2,1-2H3/t13-,14+/m1/s1. The molecule has 2 atom stereocenters. The van der Waals surface area contributed by atoms with Gasteiger partial charge in [0.25, 0.3) is 0 Å². The summed E-state index contributed by atoms with van der Waals surface area (Å²) in [5.41, 5.74) is -1.13. The normalized spacial score (nSPS) is 27.1. The molecule has 6 heteroatoms. The van der Waals surface area contributed by atoms with Gasteiger partial charge < -0.3 is 10.0 Å². The zero-order valence-electron chi connectivity index (χ0n) is 12.2. The lowest BCUT2D eigenvalue weighted by Gasteiger charge is -2.41. The summed E-state index contributed by atoms with van der Waals surface area (Å²) < 4.78 is 37.9. The molecule has 0 spiro atoms. The Bertz CT molecular complexity index is 475. The topological polar surface area (TPSA) is 23.5 Å². The Balaban J connectivity index is 2.28. The number of alkyl halides is 3. The summed E-state index contributed by atoms with van der Waals surface area (Å²) in [5.74, 6) is 1.65. The van der Waals surface area contributed by atoms with E-state index < -0.39 is 17.3 Å². The smallest absolute Gasteiger partial charge is 0.385 e. The van der Waals surface area contributed by atoms with Crippen molar-refractivity contribution in [1.29, 1.82) is 0 Å². The molecule has 1 aromatic carbocycles. The highest BCUT2D eigenvalue weighted by Gasteiger charge is 2.41. The molecule has 21 heavy (non-hydrogen) atoms. The van der Waals surface area contributed by atoms with Gasteiger partial charge in [0, 0.05) is 18.2 Å². The maximum Gasteiger partial charge on any atom is 0.416 e. The molecule has 1 N–H and O–H groups in total. The van der Waals surface area contributed by atoms with E-state index in [9.17, 15) is 18.3 Å². The molecule has 0 radical (unpaired) electrons. The molecule has 1 aliphatic rings. The van der Waals surface area contributed by atoms with E-state index in [4.69, 9.17) is 0 Å². The molecule has 0 aliphatic carbocycles. The van der Waals surface area contributed by atoms with Gasteiger partial charge in [0.1, 0.15) is 0 Å². The molecule has 1 saturated heterocycles. The summed E-state index contributed by atoms with van der Waals surface area (Å²) in [4.78, 5) is 2.01. The van der Waals surface area contributed by atoms with Crippen LogP contribution in [0.1, 0.15) is 17.5 Å². The fourth-order valence-electron chi connectivity index (χ4n) is 2.77. The first kappa shape index (κ1) is 16.6. The van der Waals surface area contributed by atoms with Crippen molar-refractivity contribution in [3.8, 4) is 0 Å². The number of halogens is 3. The minimum Gasteiger partial charge on any atom is -0.385 e. The number of thioether (sulfide) groups is 1. The quantitative estimate of drug-likeness (QED) is 0.925. The molecule has 1 fully saturated rings. The van der Waals surface area contributed by atoms with Gasteiger partial charge in [-0.3, -0.25) is 0 Å². The lowest BCUT2D eigenvalue weighted by molar-refractivity contribution is -0.137. The van der Waals surface area contributed by atoms with E-state index in [1.54, 1.807) is 11.8 Å². The Kier molecular flexibility index (Phi) is 4.90. The Morgan fingerprint density at radius 1 is 1.29 bits per heavy atom. The maximum absolute atomic E-state index is 12.6. The van der Waals surface area contributed by atoms with Crippen molar-refractivity contribution < 1.29 is 18.3 Å². The highest BCUT2D eigenvalue weighted by atomic mass is 32.2. The van der Waals surface area contributed by atoms with Crippen molar-refractivity contribution in [2.24, 2.45) is 5.92 Å². The van der Waals surface area contributed by atoms with Crippen molar-refractivity contribution in [2.45, 2.75) is 18.2 Å². The van der Waals surface area contributed by atoms with Gasteiger partial charge in [0.05, 0.1) is 11.2 Å². The number of nitrogens with zero attached hydrogens (tertiary/aromatic N) is 1. The number of aliphatic hydroxyl groups is 1. The molecular weight excluding hydrogens is 299 g/mol. The first-order chi connectivity index (χ1) is 9.73. The summed E-state index contributed by atoms with van der Waals surface area (Å²) in [6, 6.07) is 4.95. The van der Waals surface area contributed by atoms with Gasteiger partial charge in [0.2, 0.25) is 0 Å². The number of rotatable bonds is 3. The number of hydrogen-bond donors (Lipinski definition) is 1. The van der Waals surface area contributed by atoms with Crippen molar-refractivity contribution in [3.05, 3.63) is 35.4 Å². The van der Waals surface area contributed by atoms with Gasteiger partial charge in [-0.2, -0.15) is 24.9 Å². The van der Waals surface area contributed by atoms with E-state index in [0.29, 0.717) is 18.5 Å². The van der Waals surface area contributed by atoms with Gasteiger partial charge in [0.15, 0.2) is 0 Å². The molecule has 1 aliphatic heterocycles. The molecular formula is C15H20F3NOS. The fourth-order valence-corrected chi connectivity index (χ4v) is 4.06. The van der Waals surface area contributed by atoms with Crippen molar-refractivity contribution in [1.82, 2.24) is 4.90 Å². The minimum atomic E-state index is -4.34. The molecule has 0 unspecified atom stereocenters. The lowest BCUT2D eigenvalue weighted by Crippen LogP contribution is -2.45. The van der Waals surface area contributed by atoms with Crippen LogP contribution in [-0.2, 0) is 11.8 Å². The third-order valence-corrected chi connectivity index (χ3v) is 5.05. The summed E-state index contributed by atoms with van der Waals surface area (Å²) in [6.45, 7) is 0.713. The van der Waals surface area contributed by atoms with Crippen LogP contribution in [-0.4, -0.2) is 42.2 Å². The van der Waals surface area contributed by atoms with Gasteiger partial charge in [-0.15, -0.1) is 0 Å². The summed E-state index contributed by atoms with van der Waals surface area (Å²) >= 11 is 1.78. The third kappa shape index (κ3) is 3.73. The molecule has 2 nitrogen and oxygen atoms in total. The van der Waals surface area contributed by atoms with E-state index in [1.807, 2.05) is 19.0 Å². The number of hydrogen-bond acceptors (Lipinski definition) is 3. The van der Waals surface area contributed by atoms with Crippen LogP contribution in [0.3, 0.4) is 0 Å². The van der Waals surface area contributed by atoms with Crippen LogP contribution in [0, 0.1) is 5.92 Å². The highest BCUT2D eigenvalue weighted by Crippen LogP contribution is 2.41. The van der Waals surface area contributed by atoms with E-state index >= 15 is 0 Å². The third-order valence-electron chi connectivity index (χ3n) is 3.92. The van der Waals surface area contributed by atoms with Crippen LogP contribution in [0.25, 0.3) is 0 Å². The second-order valence-corrected chi connectivity index (χ2v) is 6.93. The Labute approximate surface area is 127 Å². The molecule has 0 amide bonds.